The molecule has 0 saturated heterocycles. The Kier molecular flexibility index (Phi) is 4.37. The number of aromatic amines is 1. The summed E-state index contributed by atoms with van der Waals surface area (Å²) in [5, 5.41) is 4.92. The van der Waals surface area contributed by atoms with Crippen LogP contribution in [0.3, 0.4) is 0 Å². The topological polar surface area (TPSA) is 71.4 Å². The molecule has 0 atom stereocenters. The molecule has 3 aromatic heterocycles. The lowest BCUT2D eigenvalue weighted by Gasteiger charge is -2.12. The van der Waals surface area contributed by atoms with E-state index in [9.17, 15) is 4.39 Å². The number of nitrogens with one attached hydrogen (secondary N) is 2. The van der Waals surface area contributed by atoms with Gasteiger partial charge in [-0.05, 0) is 24.3 Å². The molecule has 2 N–H and O–H groups in total. The highest BCUT2D eigenvalue weighted by atomic mass is 35.5. The quantitative estimate of drug-likeness (QED) is 0.442. The van der Waals surface area contributed by atoms with Crippen molar-refractivity contribution in [3.05, 3.63) is 77.7 Å². The van der Waals surface area contributed by atoms with Crippen LogP contribution in [0, 0.1) is 5.82 Å². The molecule has 0 bridgehead atoms. The van der Waals surface area contributed by atoms with Gasteiger partial charge in [-0.2, -0.15) is 0 Å². The first kappa shape index (κ1) is 17.6. The average molecular weight is 407 g/mol. The van der Waals surface area contributed by atoms with E-state index < -0.39 is 0 Å². The minimum absolute atomic E-state index is 0.289. The summed E-state index contributed by atoms with van der Waals surface area (Å²) in [6.07, 6.45) is 3.68. The Morgan fingerprint density at radius 2 is 1.97 bits per heavy atom. The molecule has 8 heteroatoms. The molecule has 0 unspecified atom stereocenters. The second kappa shape index (κ2) is 7.18. The summed E-state index contributed by atoms with van der Waals surface area (Å²) in [4.78, 5) is 15.6. The summed E-state index contributed by atoms with van der Waals surface area (Å²) in [5.74, 6) is 0.389. The Hall–Kier alpha value is -3.45. The second-order valence-corrected chi connectivity index (χ2v) is 6.97. The monoisotopic (exact) mass is 406 g/mol. The molecule has 0 radical (unpaired) electrons. The third-order valence-electron chi connectivity index (χ3n) is 4.85. The van der Waals surface area contributed by atoms with Crippen molar-refractivity contribution in [2.45, 2.75) is 6.42 Å². The molecular weight excluding hydrogens is 391 g/mol. The molecule has 0 aliphatic carbocycles. The highest BCUT2D eigenvalue weighted by Gasteiger charge is 2.17. The van der Waals surface area contributed by atoms with Crippen LogP contribution in [-0.4, -0.2) is 31.0 Å². The third-order valence-corrected chi connectivity index (χ3v) is 5.27. The minimum Gasteiger partial charge on any atom is -0.368 e. The molecule has 0 spiro atoms. The number of rotatable bonds is 5. The second-order valence-electron chi connectivity index (χ2n) is 6.59. The number of nitrogens with zero attached hydrogens (tertiary/aromatic N) is 4. The van der Waals surface area contributed by atoms with Crippen molar-refractivity contribution >= 4 is 39.5 Å². The fourth-order valence-corrected chi connectivity index (χ4v) is 3.92. The molecule has 0 fully saturated rings. The zero-order valence-electron chi connectivity index (χ0n) is 15.2. The molecule has 3 heterocycles. The number of aromatic nitrogens is 5. The van der Waals surface area contributed by atoms with E-state index >= 15 is 0 Å². The third kappa shape index (κ3) is 3.09. The summed E-state index contributed by atoms with van der Waals surface area (Å²) >= 11 is 6.73. The highest BCUT2D eigenvalue weighted by molar-refractivity contribution is 6.36. The van der Waals surface area contributed by atoms with Gasteiger partial charge >= 0.3 is 0 Å². The van der Waals surface area contributed by atoms with E-state index in [0.29, 0.717) is 29.5 Å². The number of hydrogen-bond donors (Lipinski definition) is 2. The first-order valence-electron chi connectivity index (χ1n) is 9.14. The predicted molar refractivity (Wildman–Crippen MR) is 112 cm³/mol. The van der Waals surface area contributed by atoms with Crippen molar-refractivity contribution in [2.24, 2.45) is 0 Å². The van der Waals surface area contributed by atoms with Gasteiger partial charge in [-0.25, -0.2) is 19.3 Å². The summed E-state index contributed by atoms with van der Waals surface area (Å²) in [5.41, 5.74) is 3.94. The smallest absolute Gasteiger partial charge is 0.182 e. The summed E-state index contributed by atoms with van der Waals surface area (Å²) < 4.78 is 15.9. The van der Waals surface area contributed by atoms with E-state index in [1.54, 1.807) is 12.4 Å². The Morgan fingerprint density at radius 3 is 2.86 bits per heavy atom. The number of fused-ring (bicyclic) bond motifs is 2. The molecular formula is C21H16ClFN6. The molecule has 29 heavy (non-hydrogen) atoms. The van der Waals surface area contributed by atoms with Gasteiger partial charge < -0.3 is 14.9 Å². The van der Waals surface area contributed by atoms with Crippen molar-refractivity contribution in [3.8, 4) is 5.69 Å². The Labute approximate surface area is 170 Å². The maximum Gasteiger partial charge on any atom is 0.182 e. The van der Waals surface area contributed by atoms with Crippen LogP contribution in [0.15, 0.2) is 61.2 Å². The first-order valence-corrected chi connectivity index (χ1v) is 9.52. The Balaban J connectivity index is 1.52. The number of H-pyrrole nitrogens is 1. The van der Waals surface area contributed by atoms with Crippen LogP contribution in [0.4, 0.5) is 10.2 Å². The molecule has 0 aliphatic heterocycles. The number of para-hydroxylation sites is 1. The van der Waals surface area contributed by atoms with Crippen LogP contribution in [0.2, 0.25) is 5.02 Å². The van der Waals surface area contributed by atoms with Crippen molar-refractivity contribution < 1.29 is 4.39 Å². The number of imidazole rings is 1. The molecule has 144 valence electrons. The van der Waals surface area contributed by atoms with Gasteiger partial charge in [0, 0.05) is 29.7 Å². The molecule has 0 saturated carbocycles. The van der Waals surface area contributed by atoms with Gasteiger partial charge in [0.25, 0.3) is 0 Å². The zero-order valence-corrected chi connectivity index (χ0v) is 16.0. The van der Waals surface area contributed by atoms with Gasteiger partial charge in [0.2, 0.25) is 0 Å². The fraction of sp³-hybridized carbons (Fsp3) is 0.0952. The molecule has 0 amide bonds. The van der Waals surface area contributed by atoms with Gasteiger partial charge in [0.15, 0.2) is 11.5 Å². The average Bonchev–Trinajstić information content (AvgIpc) is 3.32. The van der Waals surface area contributed by atoms with Crippen LogP contribution in [-0.2, 0) is 6.42 Å². The summed E-state index contributed by atoms with van der Waals surface area (Å²) in [6, 6.07) is 14.4. The predicted octanol–water partition coefficient (Wildman–Crippen LogP) is 4.74. The zero-order chi connectivity index (χ0) is 19.8. The number of hydrogen-bond acceptors (Lipinski definition) is 4. The van der Waals surface area contributed by atoms with Gasteiger partial charge in [-0.1, -0.05) is 35.9 Å². The van der Waals surface area contributed by atoms with E-state index in [-0.39, 0.29) is 5.82 Å². The van der Waals surface area contributed by atoms with E-state index in [0.717, 1.165) is 27.8 Å². The van der Waals surface area contributed by atoms with Crippen LogP contribution < -0.4 is 5.32 Å². The molecule has 5 rings (SSSR count). The normalized spacial score (nSPS) is 11.4. The first-order chi connectivity index (χ1) is 14.2. The van der Waals surface area contributed by atoms with Crippen LogP contribution in [0.25, 0.3) is 27.8 Å². The minimum atomic E-state index is -0.289. The molecule has 2 aromatic carbocycles. The lowest BCUT2D eigenvalue weighted by Crippen LogP contribution is -2.10. The molecule has 0 aliphatic rings. The lowest BCUT2D eigenvalue weighted by molar-refractivity contribution is 0.626. The van der Waals surface area contributed by atoms with E-state index in [1.165, 1.54) is 18.5 Å². The van der Waals surface area contributed by atoms with Gasteiger partial charge in [0.05, 0.1) is 16.9 Å². The SMILES string of the molecule is Fc1cccc(-n2c(CCNc3ncnc4nc[nH]c34)c(Cl)c3ccccc32)c1. The number of halogens is 2. The number of benzene rings is 2. The standard InChI is InChI=1S/C21H16ClFN6/c22-18-15-6-1-2-7-16(15)29(14-5-3-4-13(23)10-14)17(18)8-9-24-20-19-21(26-11-25-19)28-12-27-20/h1-7,10-12H,8-9H2,(H2,24,25,26,27,28). The van der Waals surface area contributed by atoms with Crippen molar-refractivity contribution in [1.82, 2.24) is 24.5 Å². The van der Waals surface area contributed by atoms with E-state index in [1.807, 2.05) is 34.9 Å². The molecule has 5 aromatic rings. The highest BCUT2D eigenvalue weighted by Crippen LogP contribution is 2.34. The van der Waals surface area contributed by atoms with E-state index in [2.05, 4.69) is 25.3 Å². The largest absolute Gasteiger partial charge is 0.368 e. The maximum atomic E-state index is 13.9. The van der Waals surface area contributed by atoms with E-state index in [4.69, 9.17) is 11.6 Å². The van der Waals surface area contributed by atoms with Gasteiger partial charge in [-0.15, -0.1) is 0 Å². The maximum absolute atomic E-state index is 13.9. The van der Waals surface area contributed by atoms with Gasteiger partial charge in [0.1, 0.15) is 17.7 Å². The van der Waals surface area contributed by atoms with Crippen LogP contribution >= 0.6 is 11.6 Å². The van der Waals surface area contributed by atoms with Crippen molar-refractivity contribution in [1.29, 1.82) is 0 Å². The Morgan fingerprint density at radius 1 is 1.07 bits per heavy atom. The lowest BCUT2D eigenvalue weighted by atomic mass is 10.2. The summed E-state index contributed by atoms with van der Waals surface area (Å²) in [6.45, 7) is 0.580. The number of anilines is 1. The van der Waals surface area contributed by atoms with Crippen LogP contribution in [0.5, 0.6) is 0 Å². The van der Waals surface area contributed by atoms with Gasteiger partial charge in [-0.3, -0.25) is 0 Å². The van der Waals surface area contributed by atoms with Crippen LogP contribution in [0.1, 0.15) is 5.69 Å². The van der Waals surface area contributed by atoms with Crippen molar-refractivity contribution in [3.63, 3.8) is 0 Å². The molecule has 6 nitrogen and oxygen atoms in total. The Bertz CT molecular complexity index is 1330. The summed E-state index contributed by atoms with van der Waals surface area (Å²) in [7, 11) is 0. The fourth-order valence-electron chi connectivity index (χ4n) is 3.58. The van der Waals surface area contributed by atoms with Crippen molar-refractivity contribution in [2.75, 3.05) is 11.9 Å².